The number of amides is 2. The zero-order valence-electron chi connectivity index (χ0n) is 19.3. The van der Waals surface area contributed by atoms with Crippen LogP contribution in [0, 0.1) is 11.3 Å². The van der Waals surface area contributed by atoms with Gasteiger partial charge in [-0.15, -0.1) is 5.10 Å². The second-order valence-corrected chi connectivity index (χ2v) is 9.94. The topological polar surface area (TPSA) is 78.4 Å². The molecule has 0 spiro atoms. The van der Waals surface area contributed by atoms with Crippen molar-refractivity contribution in [2.24, 2.45) is 11.3 Å². The molecule has 0 saturated carbocycles. The summed E-state index contributed by atoms with van der Waals surface area (Å²) in [5.74, 6) is 1.51. The second kappa shape index (κ2) is 9.27. The molecular formula is C25H33N5O2. The van der Waals surface area contributed by atoms with E-state index in [0.29, 0.717) is 12.5 Å². The predicted molar refractivity (Wildman–Crippen MR) is 125 cm³/mol. The van der Waals surface area contributed by atoms with Crippen LogP contribution in [0.1, 0.15) is 51.5 Å². The molecule has 1 N–H and O–H groups in total. The zero-order chi connectivity index (χ0) is 22.7. The molecule has 1 unspecified atom stereocenters. The quantitative estimate of drug-likeness (QED) is 0.792. The Morgan fingerprint density at radius 3 is 2.34 bits per heavy atom. The largest absolute Gasteiger partial charge is 0.354 e. The van der Waals surface area contributed by atoms with Crippen LogP contribution in [-0.4, -0.2) is 53.1 Å². The van der Waals surface area contributed by atoms with Gasteiger partial charge >= 0.3 is 0 Å². The molecule has 7 heteroatoms. The molecule has 2 fully saturated rings. The Morgan fingerprint density at radius 1 is 1.00 bits per heavy atom. The Kier molecular flexibility index (Phi) is 6.44. The highest BCUT2D eigenvalue weighted by molar-refractivity contribution is 5.93. The van der Waals surface area contributed by atoms with Gasteiger partial charge in [0.25, 0.3) is 0 Å². The number of piperidine rings is 1. The Morgan fingerprint density at radius 2 is 1.72 bits per heavy atom. The van der Waals surface area contributed by atoms with Crippen molar-refractivity contribution in [3.05, 3.63) is 48.2 Å². The van der Waals surface area contributed by atoms with Crippen molar-refractivity contribution in [1.29, 1.82) is 0 Å². The minimum absolute atomic E-state index is 0.0538. The van der Waals surface area contributed by atoms with E-state index in [0.717, 1.165) is 50.4 Å². The maximum absolute atomic E-state index is 12.7. The van der Waals surface area contributed by atoms with E-state index < -0.39 is 0 Å². The summed E-state index contributed by atoms with van der Waals surface area (Å²) in [5, 5.41) is 11.1. The number of nitrogens with one attached hydrogen (secondary N) is 1. The van der Waals surface area contributed by atoms with Crippen LogP contribution in [0.15, 0.2) is 42.6 Å². The summed E-state index contributed by atoms with van der Waals surface area (Å²) >= 11 is 0. The van der Waals surface area contributed by atoms with Crippen molar-refractivity contribution in [2.75, 3.05) is 36.4 Å². The smallest absolute Gasteiger partial charge is 0.229 e. The summed E-state index contributed by atoms with van der Waals surface area (Å²) in [4.78, 5) is 29.3. The van der Waals surface area contributed by atoms with Crippen LogP contribution in [0.2, 0.25) is 0 Å². The summed E-state index contributed by atoms with van der Waals surface area (Å²) in [6.07, 6.45) is 4.43. The number of carbonyl (C=O) groups excluding carboxylic acids is 2. The number of likely N-dealkylation sites (tertiary alicyclic amines) is 1. The zero-order valence-corrected chi connectivity index (χ0v) is 19.3. The highest BCUT2D eigenvalue weighted by Gasteiger charge is 2.31. The van der Waals surface area contributed by atoms with Gasteiger partial charge in [0.15, 0.2) is 5.82 Å². The normalized spacial score (nSPS) is 19.8. The SMILES string of the molecule is CC(C)(C)C(=O)N1CCC(c2ccc(NC(=O)C3CCN(c4cccnn4)C3)cc2)CC1. The molecule has 2 aromatic rings. The fourth-order valence-corrected chi connectivity index (χ4v) is 4.62. The molecular weight excluding hydrogens is 402 g/mol. The van der Waals surface area contributed by atoms with Crippen LogP contribution in [-0.2, 0) is 9.59 Å². The molecule has 7 nitrogen and oxygen atoms in total. The van der Waals surface area contributed by atoms with E-state index in [1.165, 1.54) is 5.56 Å². The van der Waals surface area contributed by atoms with Crippen LogP contribution in [0.3, 0.4) is 0 Å². The Balaban J connectivity index is 1.28. The van der Waals surface area contributed by atoms with Gasteiger partial charge in [0, 0.05) is 43.5 Å². The van der Waals surface area contributed by atoms with Gasteiger partial charge in [-0.2, -0.15) is 5.10 Å². The number of benzene rings is 1. The fraction of sp³-hybridized carbons (Fsp3) is 0.520. The number of carbonyl (C=O) groups is 2. The monoisotopic (exact) mass is 435 g/mol. The maximum atomic E-state index is 12.7. The minimum atomic E-state index is -0.322. The maximum Gasteiger partial charge on any atom is 0.229 e. The van der Waals surface area contributed by atoms with Gasteiger partial charge in [0.2, 0.25) is 11.8 Å². The highest BCUT2D eigenvalue weighted by Crippen LogP contribution is 2.31. The average Bonchev–Trinajstić information content (AvgIpc) is 3.30. The lowest BCUT2D eigenvalue weighted by molar-refractivity contribution is -0.140. The molecule has 3 heterocycles. The van der Waals surface area contributed by atoms with Crippen LogP contribution in [0.4, 0.5) is 11.5 Å². The van der Waals surface area contributed by atoms with Crippen molar-refractivity contribution < 1.29 is 9.59 Å². The average molecular weight is 436 g/mol. The van der Waals surface area contributed by atoms with Gasteiger partial charge in [-0.3, -0.25) is 9.59 Å². The Hall–Kier alpha value is -2.96. The van der Waals surface area contributed by atoms with Crippen LogP contribution < -0.4 is 10.2 Å². The van der Waals surface area contributed by atoms with Crippen molar-refractivity contribution in [1.82, 2.24) is 15.1 Å². The van der Waals surface area contributed by atoms with Crippen LogP contribution in [0.5, 0.6) is 0 Å². The van der Waals surface area contributed by atoms with E-state index in [1.54, 1.807) is 6.20 Å². The van der Waals surface area contributed by atoms with E-state index in [9.17, 15) is 9.59 Å². The lowest BCUT2D eigenvalue weighted by Crippen LogP contribution is -2.43. The van der Waals surface area contributed by atoms with E-state index in [2.05, 4.69) is 32.5 Å². The van der Waals surface area contributed by atoms with Crippen molar-refractivity contribution in [3.8, 4) is 0 Å². The molecule has 1 atom stereocenters. The van der Waals surface area contributed by atoms with Crippen molar-refractivity contribution in [3.63, 3.8) is 0 Å². The molecule has 2 saturated heterocycles. The molecule has 2 amide bonds. The Labute approximate surface area is 190 Å². The molecule has 2 aliphatic heterocycles. The second-order valence-electron chi connectivity index (χ2n) is 9.94. The molecule has 32 heavy (non-hydrogen) atoms. The lowest BCUT2D eigenvalue weighted by atomic mass is 9.87. The van der Waals surface area contributed by atoms with Gasteiger partial charge in [0.05, 0.1) is 5.92 Å². The highest BCUT2D eigenvalue weighted by atomic mass is 16.2. The van der Waals surface area contributed by atoms with Gasteiger partial charge < -0.3 is 15.1 Å². The third-order valence-corrected chi connectivity index (χ3v) is 6.51. The summed E-state index contributed by atoms with van der Waals surface area (Å²) < 4.78 is 0. The van der Waals surface area contributed by atoms with E-state index in [1.807, 2.05) is 49.9 Å². The summed E-state index contributed by atoms with van der Waals surface area (Å²) in [7, 11) is 0. The molecule has 0 radical (unpaired) electrons. The molecule has 1 aromatic carbocycles. The molecule has 4 rings (SSSR count). The third kappa shape index (κ3) is 5.09. The van der Waals surface area contributed by atoms with Gasteiger partial charge in [-0.25, -0.2) is 0 Å². The molecule has 2 aliphatic rings. The van der Waals surface area contributed by atoms with Crippen molar-refractivity contribution >= 4 is 23.3 Å². The third-order valence-electron chi connectivity index (χ3n) is 6.51. The van der Waals surface area contributed by atoms with Crippen LogP contribution >= 0.6 is 0 Å². The fourth-order valence-electron chi connectivity index (χ4n) is 4.62. The van der Waals surface area contributed by atoms with Gasteiger partial charge in [0.1, 0.15) is 0 Å². The van der Waals surface area contributed by atoms with Crippen molar-refractivity contribution in [2.45, 2.75) is 46.0 Å². The first-order chi connectivity index (χ1) is 15.3. The number of hydrogen-bond donors (Lipinski definition) is 1. The molecule has 0 aliphatic carbocycles. The summed E-state index contributed by atoms with van der Waals surface area (Å²) in [6, 6.07) is 12.0. The predicted octanol–water partition coefficient (Wildman–Crippen LogP) is 3.69. The number of aromatic nitrogens is 2. The number of hydrogen-bond acceptors (Lipinski definition) is 5. The van der Waals surface area contributed by atoms with E-state index >= 15 is 0 Å². The minimum Gasteiger partial charge on any atom is -0.354 e. The molecule has 1 aromatic heterocycles. The first-order valence-corrected chi connectivity index (χ1v) is 11.5. The first-order valence-electron chi connectivity index (χ1n) is 11.5. The number of anilines is 2. The summed E-state index contributed by atoms with van der Waals surface area (Å²) in [6.45, 7) is 9.03. The standard InChI is InChI=1S/C25H33N5O2/c1-25(2,3)24(32)29-14-10-19(11-15-29)18-6-8-21(9-7-18)27-23(31)20-12-16-30(17-20)22-5-4-13-26-28-22/h4-9,13,19-20H,10-12,14-17H2,1-3H3,(H,27,31). The number of rotatable bonds is 4. The van der Waals surface area contributed by atoms with Crippen LogP contribution in [0.25, 0.3) is 0 Å². The Bertz CT molecular complexity index is 931. The lowest BCUT2D eigenvalue weighted by Gasteiger charge is -2.36. The molecule has 0 bridgehead atoms. The van der Waals surface area contributed by atoms with Gasteiger partial charge in [-0.05, 0) is 55.0 Å². The van der Waals surface area contributed by atoms with Gasteiger partial charge in [-0.1, -0.05) is 32.9 Å². The number of nitrogens with zero attached hydrogens (tertiary/aromatic N) is 4. The molecule has 170 valence electrons. The first kappa shape index (κ1) is 22.2. The van der Waals surface area contributed by atoms with E-state index in [4.69, 9.17) is 0 Å². The van der Waals surface area contributed by atoms with E-state index in [-0.39, 0.29) is 23.1 Å². The summed E-state index contributed by atoms with van der Waals surface area (Å²) in [5.41, 5.74) is 1.79.